The predicted molar refractivity (Wildman–Crippen MR) is 114 cm³/mol. The number of imide groups is 2. The van der Waals surface area contributed by atoms with Gasteiger partial charge in [-0.15, -0.1) is 0 Å². The van der Waals surface area contributed by atoms with Crippen LogP contribution in [0.3, 0.4) is 0 Å². The van der Waals surface area contributed by atoms with Crippen molar-refractivity contribution in [3.8, 4) is 0 Å². The second-order valence-corrected chi connectivity index (χ2v) is 8.41. The molecule has 0 saturated carbocycles. The van der Waals surface area contributed by atoms with Crippen LogP contribution in [0, 0.1) is 23.3 Å². The third-order valence-electron chi connectivity index (χ3n) is 6.86. The molecule has 0 radical (unpaired) electrons. The van der Waals surface area contributed by atoms with E-state index in [1.807, 2.05) is 0 Å². The summed E-state index contributed by atoms with van der Waals surface area (Å²) >= 11 is 0. The molecule has 0 saturated heterocycles. The van der Waals surface area contributed by atoms with Crippen LogP contribution < -0.4 is 0 Å². The first kappa shape index (κ1) is 23.8. The minimum atomic E-state index is -1.75. The molecule has 4 amide bonds. The van der Waals surface area contributed by atoms with Gasteiger partial charge in [-0.05, 0) is 25.7 Å². The summed E-state index contributed by atoms with van der Waals surface area (Å²) in [6, 6.07) is -1.57. The first-order valence-electron chi connectivity index (χ1n) is 11.2. The number of hydrogen-bond acceptors (Lipinski definition) is 4. The fraction of sp³-hybridized carbons (Fsp3) is 0.417. The second-order valence-electron chi connectivity index (χ2n) is 8.41. The van der Waals surface area contributed by atoms with Crippen molar-refractivity contribution in [3.63, 3.8) is 0 Å². The number of benzene rings is 2. The van der Waals surface area contributed by atoms with Crippen LogP contribution in [-0.2, 0) is 0 Å². The highest BCUT2D eigenvalue weighted by molar-refractivity contribution is 6.33. The van der Waals surface area contributed by atoms with Crippen molar-refractivity contribution in [3.05, 3.63) is 45.5 Å². The molecule has 0 aromatic heterocycles. The third-order valence-corrected chi connectivity index (χ3v) is 6.86. The number of halogens is 4. The first-order valence-corrected chi connectivity index (χ1v) is 11.2. The Kier molecular flexibility index (Phi) is 5.73. The first-order chi connectivity index (χ1) is 16.1. The van der Waals surface area contributed by atoms with Crippen LogP contribution in [0.5, 0.6) is 0 Å². The Labute approximate surface area is 192 Å². The Morgan fingerprint density at radius 3 is 0.882 bits per heavy atom. The summed E-state index contributed by atoms with van der Waals surface area (Å²) in [6.45, 7) is 6.56. The van der Waals surface area contributed by atoms with E-state index in [9.17, 15) is 19.2 Å². The molecule has 0 unspecified atom stereocenters. The van der Waals surface area contributed by atoms with Gasteiger partial charge in [0.25, 0.3) is 23.6 Å². The van der Waals surface area contributed by atoms with Gasteiger partial charge in [0.15, 0.2) is 23.3 Å². The maximum Gasteiger partial charge on any atom is 0.264 e. The highest BCUT2D eigenvalue weighted by atomic mass is 19.2. The normalized spacial score (nSPS) is 15.6. The molecule has 0 atom stereocenters. The third kappa shape index (κ3) is 2.80. The number of hydrogen-bond donors (Lipinski definition) is 0. The summed E-state index contributed by atoms with van der Waals surface area (Å²) in [5.74, 6) is -11.9. The van der Waals surface area contributed by atoms with Gasteiger partial charge < -0.3 is 0 Å². The molecule has 2 aromatic rings. The van der Waals surface area contributed by atoms with Crippen molar-refractivity contribution in [2.45, 2.75) is 65.5 Å². The van der Waals surface area contributed by atoms with Crippen molar-refractivity contribution in [1.29, 1.82) is 0 Å². The fourth-order valence-electron chi connectivity index (χ4n) is 5.07. The molecule has 0 fully saturated rings. The minimum Gasteiger partial charge on any atom is -0.271 e. The Morgan fingerprint density at radius 2 is 0.706 bits per heavy atom. The van der Waals surface area contributed by atoms with Crippen molar-refractivity contribution < 1.29 is 36.7 Å². The summed E-state index contributed by atoms with van der Waals surface area (Å²) in [5.41, 5.74) is -3.96. The number of nitrogens with zero attached hydrogens (tertiary/aromatic N) is 2. The van der Waals surface area contributed by atoms with Crippen LogP contribution >= 0.6 is 0 Å². The Balaban J connectivity index is 2.19. The van der Waals surface area contributed by atoms with E-state index in [-0.39, 0.29) is 25.7 Å². The van der Waals surface area contributed by atoms with E-state index >= 15 is 17.6 Å². The molecular formula is C24H22F4N2O4. The van der Waals surface area contributed by atoms with Crippen LogP contribution in [0.15, 0.2) is 0 Å². The monoisotopic (exact) mass is 478 g/mol. The molecule has 0 aliphatic carbocycles. The van der Waals surface area contributed by atoms with Crippen molar-refractivity contribution in [2.24, 2.45) is 0 Å². The minimum absolute atomic E-state index is 0.234. The van der Waals surface area contributed by atoms with Crippen LogP contribution in [0.25, 0.3) is 10.8 Å². The van der Waals surface area contributed by atoms with Gasteiger partial charge in [0.05, 0.1) is 22.3 Å². The maximum atomic E-state index is 15.4. The predicted octanol–water partition coefficient (Wildman–Crippen LogP) is 4.97. The highest BCUT2D eigenvalue weighted by Crippen LogP contribution is 2.44. The second kappa shape index (κ2) is 8.18. The molecule has 0 bridgehead atoms. The molecule has 10 heteroatoms. The lowest BCUT2D eigenvalue weighted by Gasteiger charge is -2.37. The van der Waals surface area contributed by atoms with Crippen molar-refractivity contribution in [2.75, 3.05) is 0 Å². The van der Waals surface area contributed by atoms with Gasteiger partial charge in [-0.1, -0.05) is 27.7 Å². The van der Waals surface area contributed by atoms with Gasteiger partial charge in [-0.25, -0.2) is 17.6 Å². The molecule has 34 heavy (non-hydrogen) atoms. The smallest absolute Gasteiger partial charge is 0.264 e. The van der Waals surface area contributed by atoms with Crippen LogP contribution in [-0.4, -0.2) is 45.5 Å². The van der Waals surface area contributed by atoms with Gasteiger partial charge in [-0.3, -0.25) is 29.0 Å². The van der Waals surface area contributed by atoms with Crippen LogP contribution in [0.4, 0.5) is 17.6 Å². The van der Waals surface area contributed by atoms with Crippen LogP contribution in [0.1, 0.15) is 94.8 Å². The topological polar surface area (TPSA) is 74.8 Å². The van der Waals surface area contributed by atoms with Crippen molar-refractivity contribution in [1.82, 2.24) is 9.80 Å². The van der Waals surface area contributed by atoms with E-state index in [4.69, 9.17) is 0 Å². The average Bonchev–Trinajstić information content (AvgIpc) is 2.80. The summed E-state index contributed by atoms with van der Waals surface area (Å²) in [6.07, 6.45) is 0.937. The fourth-order valence-corrected chi connectivity index (χ4v) is 5.07. The lowest BCUT2D eigenvalue weighted by Crippen LogP contribution is -2.50. The van der Waals surface area contributed by atoms with Gasteiger partial charge in [-0.2, -0.15) is 0 Å². The zero-order chi connectivity index (χ0) is 25.2. The van der Waals surface area contributed by atoms with Gasteiger partial charge in [0.2, 0.25) is 0 Å². The Bertz CT molecular complexity index is 1120. The zero-order valence-electron chi connectivity index (χ0n) is 19.0. The Hall–Kier alpha value is -3.30. The number of amides is 4. The van der Waals surface area contributed by atoms with E-state index in [2.05, 4.69) is 0 Å². The largest absolute Gasteiger partial charge is 0.271 e. The number of carbonyl (C=O) groups excluding carboxylic acids is 4. The van der Waals surface area contributed by atoms with Crippen molar-refractivity contribution >= 4 is 34.4 Å². The molecule has 2 aromatic carbocycles. The average molecular weight is 478 g/mol. The van der Waals surface area contributed by atoms with E-state index < -0.39 is 92.0 Å². The molecule has 180 valence electrons. The molecule has 2 aliphatic heterocycles. The molecule has 4 rings (SSSR count). The van der Waals surface area contributed by atoms with Gasteiger partial charge in [0.1, 0.15) is 0 Å². The summed E-state index contributed by atoms with van der Waals surface area (Å²) in [5, 5.41) is -1.49. The molecule has 0 spiro atoms. The lowest BCUT2D eigenvalue weighted by atomic mass is 9.83. The SMILES string of the molecule is CCC(CC)N1C(=O)c2c(F)c(F)c3c4c(c(F)c(F)c(c24)C1=O)C(=O)N(C(CC)CC)C3=O. The lowest BCUT2D eigenvalue weighted by molar-refractivity contribution is 0.0495. The molecule has 2 aliphatic rings. The molecule has 0 N–H and O–H groups in total. The molecular weight excluding hydrogens is 456 g/mol. The standard InChI is InChI=1S/C24H22F4N2O4/c1-5-9(6-2)29-21(31)13-11-12-15(19(27)17(13)25)23(33)30(10(7-3)8-4)24(34)16(12)20(28)18(26)14(11)22(29)32/h9-10H,5-8H2,1-4H3. The zero-order valence-corrected chi connectivity index (χ0v) is 19.0. The maximum absolute atomic E-state index is 15.4. The van der Waals surface area contributed by atoms with E-state index in [1.165, 1.54) is 0 Å². The molecule has 6 nitrogen and oxygen atoms in total. The number of rotatable bonds is 6. The van der Waals surface area contributed by atoms with E-state index in [0.717, 1.165) is 0 Å². The van der Waals surface area contributed by atoms with E-state index in [0.29, 0.717) is 9.80 Å². The summed E-state index contributed by atoms with van der Waals surface area (Å²) < 4.78 is 61.4. The quantitative estimate of drug-likeness (QED) is 0.434. The van der Waals surface area contributed by atoms with Crippen LogP contribution in [0.2, 0.25) is 0 Å². The summed E-state index contributed by atoms with van der Waals surface area (Å²) in [7, 11) is 0. The Morgan fingerprint density at radius 1 is 0.500 bits per heavy atom. The van der Waals surface area contributed by atoms with Gasteiger partial charge in [0, 0.05) is 22.9 Å². The highest BCUT2D eigenvalue weighted by Gasteiger charge is 2.49. The van der Waals surface area contributed by atoms with Gasteiger partial charge >= 0.3 is 0 Å². The summed E-state index contributed by atoms with van der Waals surface area (Å²) in [4.78, 5) is 54.0. The molecule has 2 heterocycles. The van der Waals surface area contributed by atoms with E-state index in [1.54, 1.807) is 27.7 Å². The number of carbonyl (C=O) groups is 4.